The molecule has 0 bridgehead atoms. The molecule has 0 fully saturated rings. The van der Waals surface area contributed by atoms with Gasteiger partial charge < -0.3 is 0 Å². The van der Waals surface area contributed by atoms with Crippen molar-refractivity contribution in [3.63, 3.8) is 0 Å². The molecule has 1 heterocycles. The summed E-state index contributed by atoms with van der Waals surface area (Å²) >= 11 is 3.27. The van der Waals surface area contributed by atoms with Crippen LogP contribution in [0.1, 0.15) is 0 Å². The van der Waals surface area contributed by atoms with E-state index in [1.54, 1.807) is 26.5 Å². The van der Waals surface area contributed by atoms with Gasteiger partial charge in [-0.2, -0.15) is 13.9 Å². The number of nitrogens with zero attached hydrogens (tertiary/aromatic N) is 2. The van der Waals surface area contributed by atoms with Gasteiger partial charge in [-0.3, -0.25) is 0 Å². The summed E-state index contributed by atoms with van der Waals surface area (Å²) < 4.78 is 3.94. The lowest BCUT2D eigenvalue weighted by Gasteiger charge is -1.92. The highest BCUT2D eigenvalue weighted by molar-refractivity contribution is 9.10. The molecule has 1 aromatic heterocycles. The lowest BCUT2D eigenvalue weighted by atomic mass is 10.6. The van der Waals surface area contributed by atoms with Gasteiger partial charge in [-0.15, -0.1) is 0 Å². The second kappa shape index (κ2) is 2.54. The van der Waals surface area contributed by atoms with Crippen LogP contribution >= 0.6 is 15.9 Å². The second-order valence-electron chi connectivity index (χ2n) is 2.15. The molecule has 0 radical (unpaired) electrons. The molecule has 3 nitrogen and oxygen atoms in total. The van der Waals surface area contributed by atoms with Gasteiger partial charge in [0.2, 0.25) is 0 Å². The zero-order chi connectivity index (χ0) is 7.72. The van der Waals surface area contributed by atoms with Crippen LogP contribution in [0, 0.1) is 0 Å². The van der Waals surface area contributed by atoms with Crippen molar-refractivity contribution >= 4 is 15.9 Å². The first-order valence-corrected chi connectivity index (χ1v) is 3.62. The van der Waals surface area contributed by atoms with Gasteiger partial charge >= 0.3 is 5.69 Å². The first kappa shape index (κ1) is 7.47. The number of halogens is 1. The molecule has 10 heavy (non-hydrogen) atoms. The van der Waals surface area contributed by atoms with Crippen molar-refractivity contribution < 1.29 is 4.57 Å². The Hall–Kier alpha value is -0.640. The summed E-state index contributed by atoms with van der Waals surface area (Å²) in [5.74, 6) is 0. The SMILES string of the molecule is Cn1cc(Br)c[n+](C)c1=O. The maximum Gasteiger partial charge on any atom is 0.497 e. The largest absolute Gasteiger partial charge is 0.497 e. The first-order chi connectivity index (χ1) is 4.61. The molecule has 1 aromatic rings. The fourth-order valence-corrected chi connectivity index (χ4v) is 1.38. The normalized spacial score (nSPS) is 9.90. The summed E-state index contributed by atoms with van der Waals surface area (Å²) in [6, 6.07) is 0. The van der Waals surface area contributed by atoms with Gasteiger partial charge in [0.05, 0.1) is 18.6 Å². The smallest absolute Gasteiger partial charge is 0.199 e. The zero-order valence-corrected chi connectivity index (χ0v) is 7.42. The molecule has 0 aromatic carbocycles. The second-order valence-corrected chi connectivity index (χ2v) is 3.06. The van der Waals surface area contributed by atoms with Crippen molar-refractivity contribution in [2.75, 3.05) is 0 Å². The Morgan fingerprint density at radius 2 is 2.30 bits per heavy atom. The van der Waals surface area contributed by atoms with Crippen molar-refractivity contribution in [2.24, 2.45) is 14.1 Å². The van der Waals surface area contributed by atoms with Crippen LogP contribution in [-0.2, 0) is 14.1 Å². The van der Waals surface area contributed by atoms with Crippen LogP contribution in [0.5, 0.6) is 0 Å². The van der Waals surface area contributed by atoms with Crippen molar-refractivity contribution in [3.05, 3.63) is 27.4 Å². The Kier molecular flexibility index (Phi) is 1.89. The summed E-state index contributed by atoms with van der Waals surface area (Å²) in [7, 11) is 3.43. The number of aromatic nitrogens is 2. The van der Waals surface area contributed by atoms with Crippen LogP contribution in [0.15, 0.2) is 21.7 Å². The van der Waals surface area contributed by atoms with E-state index >= 15 is 0 Å². The van der Waals surface area contributed by atoms with E-state index in [-0.39, 0.29) is 5.69 Å². The highest BCUT2D eigenvalue weighted by Crippen LogP contribution is 2.00. The lowest BCUT2D eigenvalue weighted by molar-refractivity contribution is -0.691. The van der Waals surface area contributed by atoms with Gasteiger partial charge in [0.1, 0.15) is 12.4 Å². The molecule has 0 unspecified atom stereocenters. The highest BCUT2D eigenvalue weighted by atomic mass is 79.9. The molecule has 0 saturated carbocycles. The Balaban J connectivity index is 3.46. The zero-order valence-electron chi connectivity index (χ0n) is 5.84. The van der Waals surface area contributed by atoms with Gasteiger partial charge in [0, 0.05) is 0 Å². The van der Waals surface area contributed by atoms with E-state index in [9.17, 15) is 4.79 Å². The highest BCUT2D eigenvalue weighted by Gasteiger charge is 2.03. The average molecular weight is 204 g/mol. The predicted molar refractivity (Wildman–Crippen MR) is 40.6 cm³/mol. The molecule has 1 rings (SSSR count). The molecule has 0 aliphatic rings. The van der Waals surface area contributed by atoms with Crippen molar-refractivity contribution in [1.82, 2.24) is 4.57 Å². The predicted octanol–water partition coefficient (Wildman–Crippen LogP) is -0.0277. The molecule has 0 spiro atoms. The summed E-state index contributed by atoms with van der Waals surface area (Å²) in [5.41, 5.74) is -0.0248. The molecule has 0 N–H and O–H groups in total. The molecular formula is C6H8BrN2O+. The molecule has 4 heteroatoms. The van der Waals surface area contributed by atoms with E-state index in [0.717, 1.165) is 4.47 Å². The van der Waals surface area contributed by atoms with Crippen LogP contribution in [0.3, 0.4) is 0 Å². The van der Waals surface area contributed by atoms with Crippen LogP contribution in [-0.4, -0.2) is 4.57 Å². The minimum Gasteiger partial charge on any atom is -0.199 e. The van der Waals surface area contributed by atoms with Crippen molar-refractivity contribution in [3.8, 4) is 0 Å². The van der Waals surface area contributed by atoms with Crippen molar-refractivity contribution in [1.29, 1.82) is 0 Å². The quantitative estimate of drug-likeness (QED) is 0.545. The minimum absolute atomic E-state index is 0.0248. The third kappa shape index (κ3) is 1.26. The van der Waals surface area contributed by atoms with E-state index in [2.05, 4.69) is 15.9 Å². The van der Waals surface area contributed by atoms with E-state index in [1.807, 2.05) is 0 Å². The van der Waals surface area contributed by atoms with Gasteiger partial charge in [-0.1, -0.05) is 0 Å². The van der Waals surface area contributed by atoms with E-state index in [1.165, 1.54) is 9.13 Å². The molecule has 0 aliphatic heterocycles. The number of aryl methyl sites for hydroxylation is 2. The molecule has 0 aliphatic carbocycles. The van der Waals surface area contributed by atoms with E-state index < -0.39 is 0 Å². The van der Waals surface area contributed by atoms with Gasteiger partial charge in [-0.25, -0.2) is 0 Å². The lowest BCUT2D eigenvalue weighted by Crippen LogP contribution is -2.50. The Morgan fingerprint density at radius 1 is 1.70 bits per heavy atom. The van der Waals surface area contributed by atoms with Crippen LogP contribution in [0.25, 0.3) is 0 Å². The number of rotatable bonds is 0. The van der Waals surface area contributed by atoms with Crippen LogP contribution in [0.2, 0.25) is 0 Å². The molecule has 0 amide bonds. The Bertz CT molecular complexity index is 279. The van der Waals surface area contributed by atoms with Crippen LogP contribution in [0.4, 0.5) is 0 Å². The summed E-state index contributed by atoms with van der Waals surface area (Å²) in [6.07, 6.45) is 3.45. The van der Waals surface area contributed by atoms with E-state index in [0.29, 0.717) is 0 Å². The minimum atomic E-state index is -0.0248. The molecular weight excluding hydrogens is 196 g/mol. The van der Waals surface area contributed by atoms with Gasteiger partial charge in [-0.05, 0) is 15.9 Å². The third-order valence-electron chi connectivity index (χ3n) is 1.24. The molecule has 0 saturated heterocycles. The molecule has 0 atom stereocenters. The molecule has 54 valence electrons. The maximum absolute atomic E-state index is 11.0. The maximum atomic E-state index is 11.0. The number of hydrogen-bond acceptors (Lipinski definition) is 1. The standard InChI is InChI=1S/C6H8BrN2O/c1-8-3-5(7)4-9(2)6(8)10/h3-4H,1-2H3/q+1. The monoisotopic (exact) mass is 203 g/mol. The Morgan fingerprint density at radius 3 is 2.80 bits per heavy atom. The van der Waals surface area contributed by atoms with Gasteiger partial charge in [0.25, 0.3) is 0 Å². The van der Waals surface area contributed by atoms with E-state index in [4.69, 9.17) is 0 Å². The fraction of sp³-hybridized carbons (Fsp3) is 0.333. The average Bonchev–Trinajstić information content (AvgIpc) is 1.82. The summed E-state index contributed by atoms with van der Waals surface area (Å²) in [4.78, 5) is 11.0. The number of hydrogen-bond donors (Lipinski definition) is 0. The summed E-state index contributed by atoms with van der Waals surface area (Å²) in [6.45, 7) is 0. The van der Waals surface area contributed by atoms with Crippen LogP contribution < -0.4 is 10.3 Å². The Labute approximate surface area is 67.0 Å². The first-order valence-electron chi connectivity index (χ1n) is 2.83. The third-order valence-corrected chi connectivity index (χ3v) is 1.65. The summed E-state index contributed by atoms with van der Waals surface area (Å²) in [5, 5.41) is 0. The topological polar surface area (TPSA) is 25.9 Å². The van der Waals surface area contributed by atoms with Gasteiger partial charge in [0.15, 0.2) is 0 Å². The fourth-order valence-electron chi connectivity index (χ4n) is 0.763. The van der Waals surface area contributed by atoms with Crippen molar-refractivity contribution in [2.45, 2.75) is 0 Å².